The van der Waals surface area contributed by atoms with Crippen LogP contribution in [0.25, 0.3) is 0 Å². The molecule has 0 aliphatic carbocycles. The highest BCUT2D eigenvalue weighted by molar-refractivity contribution is 5.94. The van der Waals surface area contributed by atoms with Crippen molar-refractivity contribution in [2.24, 2.45) is 0 Å². The number of piperidine rings is 1. The molecule has 0 bridgehead atoms. The van der Waals surface area contributed by atoms with Crippen molar-refractivity contribution < 1.29 is 9.53 Å². The van der Waals surface area contributed by atoms with Crippen molar-refractivity contribution in [2.75, 3.05) is 24.6 Å². The minimum absolute atomic E-state index is 0.0481. The van der Waals surface area contributed by atoms with Crippen molar-refractivity contribution in [2.45, 2.75) is 32.2 Å². The van der Waals surface area contributed by atoms with Crippen LogP contribution in [-0.2, 0) is 0 Å². The Morgan fingerprint density at radius 2 is 2.16 bits per heavy atom. The summed E-state index contributed by atoms with van der Waals surface area (Å²) in [5.41, 5.74) is 0.653. The second-order valence-corrected chi connectivity index (χ2v) is 6.20. The fraction of sp³-hybridized carbons (Fsp3) is 0.421. The standard InChI is InChI=1S/C19H24N4O2/c1-2-12-25-17-7-5-15(6-8-17)19(24)22-16-4-3-11-23(14-16)18-13-20-9-10-21-18/h5-10,13,16H,2-4,11-12,14H2,1H3,(H,22,24)/t16-/m0/s1. The number of hydrogen-bond donors (Lipinski definition) is 1. The second-order valence-electron chi connectivity index (χ2n) is 6.20. The van der Waals surface area contributed by atoms with Crippen LogP contribution in [0.3, 0.4) is 0 Å². The lowest BCUT2D eigenvalue weighted by Gasteiger charge is -2.33. The molecule has 0 saturated carbocycles. The van der Waals surface area contributed by atoms with E-state index in [1.165, 1.54) is 0 Å². The fourth-order valence-electron chi connectivity index (χ4n) is 2.95. The molecule has 1 amide bonds. The van der Waals surface area contributed by atoms with Crippen molar-refractivity contribution in [3.63, 3.8) is 0 Å². The zero-order valence-electron chi connectivity index (χ0n) is 14.5. The second kappa shape index (κ2) is 8.46. The van der Waals surface area contributed by atoms with Crippen LogP contribution in [0.4, 0.5) is 5.82 Å². The molecular weight excluding hydrogens is 316 g/mol. The molecule has 1 aliphatic rings. The van der Waals surface area contributed by atoms with Crippen LogP contribution in [0.2, 0.25) is 0 Å². The fourth-order valence-corrected chi connectivity index (χ4v) is 2.95. The van der Waals surface area contributed by atoms with Gasteiger partial charge in [-0.1, -0.05) is 6.92 Å². The minimum Gasteiger partial charge on any atom is -0.494 e. The van der Waals surface area contributed by atoms with Gasteiger partial charge in [0.1, 0.15) is 11.6 Å². The summed E-state index contributed by atoms with van der Waals surface area (Å²) in [6.45, 7) is 4.44. The monoisotopic (exact) mass is 340 g/mol. The molecule has 0 unspecified atom stereocenters. The third-order valence-electron chi connectivity index (χ3n) is 4.22. The van der Waals surface area contributed by atoms with Crippen molar-refractivity contribution in [3.05, 3.63) is 48.4 Å². The van der Waals surface area contributed by atoms with Crippen LogP contribution in [0.1, 0.15) is 36.5 Å². The highest BCUT2D eigenvalue weighted by atomic mass is 16.5. The number of nitrogens with zero attached hydrogens (tertiary/aromatic N) is 3. The van der Waals surface area contributed by atoms with Gasteiger partial charge in [-0.2, -0.15) is 0 Å². The van der Waals surface area contributed by atoms with Gasteiger partial charge in [0, 0.05) is 37.1 Å². The van der Waals surface area contributed by atoms with E-state index in [1.54, 1.807) is 18.6 Å². The summed E-state index contributed by atoms with van der Waals surface area (Å²) >= 11 is 0. The molecule has 132 valence electrons. The molecule has 2 heterocycles. The Bertz CT molecular complexity index is 676. The number of ether oxygens (including phenoxy) is 1. The summed E-state index contributed by atoms with van der Waals surface area (Å²) in [6.07, 6.45) is 8.08. The predicted octanol–water partition coefficient (Wildman–Crippen LogP) is 2.66. The number of carbonyl (C=O) groups is 1. The molecule has 1 N–H and O–H groups in total. The van der Waals surface area contributed by atoms with Crippen molar-refractivity contribution in [3.8, 4) is 5.75 Å². The molecule has 25 heavy (non-hydrogen) atoms. The number of hydrogen-bond acceptors (Lipinski definition) is 5. The van der Waals surface area contributed by atoms with E-state index in [0.717, 1.165) is 43.9 Å². The zero-order chi connectivity index (χ0) is 17.5. The first-order valence-corrected chi connectivity index (χ1v) is 8.81. The lowest BCUT2D eigenvalue weighted by atomic mass is 10.0. The van der Waals surface area contributed by atoms with E-state index in [4.69, 9.17) is 4.74 Å². The Morgan fingerprint density at radius 3 is 2.88 bits per heavy atom. The van der Waals surface area contributed by atoms with Crippen molar-refractivity contribution in [1.29, 1.82) is 0 Å². The van der Waals surface area contributed by atoms with Gasteiger partial charge in [-0.3, -0.25) is 9.78 Å². The third-order valence-corrected chi connectivity index (χ3v) is 4.22. The summed E-state index contributed by atoms with van der Waals surface area (Å²) in [5.74, 6) is 1.61. The molecule has 6 nitrogen and oxygen atoms in total. The Balaban J connectivity index is 1.57. The van der Waals surface area contributed by atoms with Crippen LogP contribution >= 0.6 is 0 Å². The topological polar surface area (TPSA) is 67.3 Å². The van der Waals surface area contributed by atoms with Crippen molar-refractivity contribution >= 4 is 11.7 Å². The molecule has 0 radical (unpaired) electrons. The highest BCUT2D eigenvalue weighted by Gasteiger charge is 2.22. The minimum atomic E-state index is -0.0481. The average molecular weight is 340 g/mol. The van der Waals surface area contributed by atoms with Gasteiger partial charge in [0.2, 0.25) is 0 Å². The van der Waals surface area contributed by atoms with Gasteiger partial charge in [0.15, 0.2) is 0 Å². The Labute approximate surface area is 148 Å². The Kier molecular flexibility index (Phi) is 5.82. The van der Waals surface area contributed by atoms with Crippen LogP contribution < -0.4 is 15.0 Å². The lowest BCUT2D eigenvalue weighted by Crippen LogP contribution is -2.48. The van der Waals surface area contributed by atoms with E-state index in [-0.39, 0.29) is 11.9 Å². The van der Waals surface area contributed by atoms with Crippen LogP contribution in [-0.4, -0.2) is 41.6 Å². The number of anilines is 1. The number of amides is 1. The van der Waals surface area contributed by atoms with Gasteiger partial charge in [0.25, 0.3) is 5.91 Å². The maximum Gasteiger partial charge on any atom is 0.251 e. The SMILES string of the molecule is CCCOc1ccc(C(=O)N[C@H]2CCCN(c3cnccn3)C2)cc1. The zero-order valence-corrected chi connectivity index (χ0v) is 14.5. The number of nitrogens with one attached hydrogen (secondary N) is 1. The van der Waals surface area contributed by atoms with E-state index >= 15 is 0 Å². The molecule has 1 atom stereocenters. The molecule has 1 aromatic heterocycles. The smallest absolute Gasteiger partial charge is 0.251 e. The maximum atomic E-state index is 12.5. The molecule has 1 saturated heterocycles. The summed E-state index contributed by atoms with van der Waals surface area (Å²) < 4.78 is 5.55. The van der Waals surface area contributed by atoms with Gasteiger partial charge in [0.05, 0.1) is 12.8 Å². The molecular formula is C19H24N4O2. The number of benzene rings is 1. The predicted molar refractivity (Wildman–Crippen MR) is 97.0 cm³/mol. The first kappa shape index (κ1) is 17.2. The quantitative estimate of drug-likeness (QED) is 0.876. The maximum absolute atomic E-state index is 12.5. The molecule has 1 aliphatic heterocycles. The van der Waals surface area contributed by atoms with E-state index in [9.17, 15) is 4.79 Å². The third kappa shape index (κ3) is 4.68. The van der Waals surface area contributed by atoms with Crippen LogP contribution in [0.15, 0.2) is 42.9 Å². The summed E-state index contributed by atoms with van der Waals surface area (Å²) in [7, 11) is 0. The first-order valence-electron chi connectivity index (χ1n) is 8.81. The molecule has 6 heteroatoms. The Hall–Kier alpha value is -2.63. The van der Waals surface area contributed by atoms with Crippen LogP contribution in [0, 0.1) is 0 Å². The van der Waals surface area contributed by atoms with Gasteiger partial charge in [-0.05, 0) is 43.5 Å². The molecule has 0 spiro atoms. The van der Waals surface area contributed by atoms with Gasteiger partial charge in [-0.15, -0.1) is 0 Å². The van der Waals surface area contributed by atoms with E-state index < -0.39 is 0 Å². The van der Waals surface area contributed by atoms with Crippen molar-refractivity contribution in [1.82, 2.24) is 15.3 Å². The number of aromatic nitrogens is 2. The number of carbonyl (C=O) groups excluding carboxylic acids is 1. The average Bonchev–Trinajstić information content (AvgIpc) is 2.67. The number of rotatable bonds is 6. The van der Waals surface area contributed by atoms with Gasteiger partial charge in [-0.25, -0.2) is 4.98 Å². The molecule has 1 fully saturated rings. The van der Waals surface area contributed by atoms with Gasteiger partial charge < -0.3 is 15.0 Å². The summed E-state index contributed by atoms with van der Waals surface area (Å²) in [4.78, 5) is 23.1. The Morgan fingerprint density at radius 1 is 1.32 bits per heavy atom. The normalized spacial score (nSPS) is 17.2. The molecule has 2 aromatic rings. The lowest BCUT2D eigenvalue weighted by molar-refractivity contribution is 0.0933. The first-order chi connectivity index (χ1) is 12.3. The summed E-state index contributed by atoms with van der Waals surface area (Å²) in [6, 6.07) is 7.42. The van der Waals surface area contributed by atoms with E-state index in [0.29, 0.717) is 12.2 Å². The van der Waals surface area contributed by atoms with E-state index in [1.807, 2.05) is 24.3 Å². The largest absolute Gasteiger partial charge is 0.494 e. The molecule has 1 aromatic carbocycles. The van der Waals surface area contributed by atoms with Gasteiger partial charge >= 0.3 is 0 Å². The van der Waals surface area contributed by atoms with E-state index in [2.05, 4.69) is 27.1 Å². The highest BCUT2D eigenvalue weighted by Crippen LogP contribution is 2.17. The molecule has 3 rings (SSSR count). The van der Waals surface area contributed by atoms with Crippen LogP contribution in [0.5, 0.6) is 5.75 Å². The summed E-state index contributed by atoms with van der Waals surface area (Å²) in [5, 5.41) is 3.13.